The van der Waals surface area contributed by atoms with Crippen LogP contribution in [-0.2, 0) is 10.2 Å². The quantitative estimate of drug-likeness (QED) is 0.301. The minimum atomic E-state index is 0.0221. The van der Waals surface area contributed by atoms with E-state index in [-0.39, 0.29) is 16.7 Å². The van der Waals surface area contributed by atoms with E-state index >= 15 is 0 Å². The number of fused-ring (bicyclic) bond motifs is 3. The van der Waals surface area contributed by atoms with E-state index in [0.717, 1.165) is 79.3 Å². The van der Waals surface area contributed by atoms with Gasteiger partial charge in [-0.05, 0) is 105 Å². The van der Waals surface area contributed by atoms with Gasteiger partial charge in [-0.2, -0.15) is 4.98 Å². The monoisotopic (exact) mass is 527 g/mol. The Hall–Kier alpha value is -3.15. The van der Waals surface area contributed by atoms with Crippen LogP contribution in [0.4, 0.5) is 5.69 Å². The van der Waals surface area contributed by atoms with Gasteiger partial charge in [0.1, 0.15) is 5.75 Å². The molecule has 0 unspecified atom stereocenters. The second-order valence-corrected chi connectivity index (χ2v) is 12.4. The summed E-state index contributed by atoms with van der Waals surface area (Å²) in [5, 5.41) is 4.08. The maximum absolute atomic E-state index is 14.1. The Labute approximate surface area is 232 Å². The molecule has 0 saturated heterocycles. The molecule has 0 N–H and O–H groups in total. The number of aromatic nitrogens is 2. The fourth-order valence-electron chi connectivity index (χ4n) is 7.38. The zero-order valence-corrected chi connectivity index (χ0v) is 23.5. The molecule has 7 rings (SSSR count). The van der Waals surface area contributed by atoms with Gasteiger partial charge < -0.3 is 14.2 Å². The number of rotatable bonds is 8. The fourth-order valence-corrected chi connectivity index (χ4v) is 7.38. The first-order valence-corrected chi connectivity index (χ1v) is 14.8. The van der Waals surface area contributed by atoms with Crippen molar-refractivity contribution in [2.45, 2.75) is 89.4 Å². The molecule has 39 heavy (non-hydrogen) atoms. The first-order valence-electron chi connectivity index (χ1n) is 14.8. The van der Waals surface area contributed by atoms with Gasteiger partial charge in [0.05, 0.1) is 7.11 Å². The molecule has 3 aromatic rings. The molecule has 6 nitrogen and oxygen atoms in total. The van der Waals surface area contributed by atoms with Crippen molar-refractivity contribution in [2.75, 3.05) is 18.6 Å². The minimum absolute atomic E-state index is 0.0221. The number of hydrogen-bond donors (Lipinski definition) is 0. The Morgan fingerprint density at radius 2 is 1.69 bits per heavy atom. The number of ether oxygens (including phenoxy) is 1. The Kier molecular flexibility index (Phi) is 7.22. The number of carbonyl (C=O) groups excluding carboxylic acids is 1. The third-order valence-corrected chi connectivity index (χ3v) is 9.95. The summed E-state index contributed by atoms with van der Waals surface area (Å²) in [7, 11) is 1.69. The second-order valence-electron chi connectivity index (χ2n) is 12.4. The normalized spacial score (nSPS) is 25.0. The third-order valence-electron chi connectivity index (χ3n) is 9.95. The van der Waals surface area contributed by atoms with Gasteiger partial charge in [-0.1, -0.05) is 48.7 Å². The van der Waals surface area contributed by atoms with E-state index < -0.39 is 0 Å². The Bertz CT molecular complexity index is 1270. The lowest BCUT2D eigenvalue weighted by atomic mass is 9.53. The van der Waals surface area contributed by atoms with Crippen LogP contribution in [0.15, 0.2) is 53.1 Å². The van der Waals surface area contributed by atoms with Crippen LogP contribution < -0.4 is 9.64 Å². The summed E-state index contributed by atoms with van der Waals surface area (Å²) >= 11 is 0. The van der Waals surface area contributed by atoms with E-state index in [1.54, 1.807) is 7.11 Å². The molecule has 2 aromatic carbocycles. The molecule has 0 aliphatic heterocycles. The van der Waals surface area contributed by atoms with Crippen LogP contribution in [-0.4, -0.2) is 29.7 Å². The van der Waals surface area contributed by atoms with Crippen molar-refractivity contribution in [1.82, 2.24) is 10.1 Å². The Morgan fingerprint density at radius 3 is 2.33 bits per heavy atom. The predicted octanol–water partition coefficient (Wildman–Crippen LogP) is 7.65. The molecule has 1 amide bonds. The van der Waals surface area contributed by atoms with Crippen LogP contribution in [0.3, 0.4) is 0 Å². The number of aryl methyl sites for hydroxylation is 1. The van der Waals surface area contributed by atoms with E-state index in [1.165, 1.54) is 32.1 Å². The van der Waals surface area contributed by atoms with Crippen molar-refractivity contribution < 1.29 is 14.1 Å². The summed E-state index contributed by atoms with van der Waals surface area (Å²) in [6, 6.07) is 16.7. The number of nitrogens with zero attached hydrogens (tertiary/aromatic N) is 3. The maximum atomic E-state index is 14.1. The van der Waals surface area contributed by atoms with Crippen molar-refractivity contribution in [3.8, 4) is 16.9 Å². The molecule has 2 bridgehead atoms. The lowest BCUT2D eigenvalue weighted by molar-refractivity contribution is -0.120. The van der Waals surface area contributed by atoms with Crippen LogP contribution in [0.2, 0.25) is 0 Å². The SMILES string of the molecule is COc1ccc(-c2cccc(N(CC34CCC(c5nc(C)no5)(CC3)CC4)C(=O)CC3CCCCC3)c2)cc1. The van der Waals surface area contributed by atoms with Crippen LogP contribution >= 0.6 is 0 Å². The molecule has 206 valence electrons. The van der Waals surface area contributed by atoms with Gasteiger partial charge >= 0.3 is 0 Å². The van der Waals surface area contributed by atoms with Crippen molar-refractivity contribution in [1.29, 1.82) is 0 Å². The van der Waals surface area contributed by atoms with Crippen molar-refractivity contribution in [3.05, 3.63) is 60.2 Å². The highest BCUT2D eigenvalue weighted by atomic mass is 16.5. The van der Waals surface area contributed by atoms with Gasteiger partial charge in [0.15, 0.2) is 5.82 Å². The zero-order chi connectivity index (χ0) is 26.9. The summed E-state index contributed by atoms with van der Waals surface area (Å²) in [6.45, 7) is 2.69. The van der Waals surface area contributed by atoms with Crippen LogP contribution in [0, 0.1) is 18.3 Å². The number of hydrogen-bond acceptors (Lipinski definition) is 5. The first-order chi connectivity index (χ1) is 19.0. The molecular formula is C33H41N3O3. The zero-order valence-electron chi connectivity index (χ0n) is 23.5. The number of carbonyl (C=O) groups is 1. The van der Waals surface area contributed by atoms with Crippen molar-refractivity contribution in [3.63, 3.8) is 0 Å². The van der Waals surface area contributed by atoms with Gasteiger partial charge in [0.2, 0.25) is 11.8 Å². The van der Waals surface area contributed by atoms with Crippen molar-refractivity contribution in [2.24, 2.45) is 11.3 Å². The topological polar surface area (TPSA) is 68.5 Å². The highest BCUT2D eigenvalue weighted by molar-refractivity contribution is 5.94. The van der Waals surface area contributed by atoms with Gasteiger partial charge in [-0.15, -0.1) is 0 Å². The smallest absolute Gasteiger partial charge is 0.232 e. The molecule has 4 aliphatic rings. The molecule has 0 spiro atoms. The largest absolute Gasteiger partial charge is 0.497 e. The number of anilines is 1. The molecule has 4 fully saturated rings. The Morgan fingerprint density at radius 1 is 0.974 bits per heavy atom. The molecule has 4 saturated carbocycles. The van der Waals surface area contributed by atoms with Crippen LogP contribution in [0.1, 0.15) is 88.8 Å². The summed E-state index contributed by atoms with van der Waals surface area (Å²) in [4.78, 5) is 20.8. The van der Waals surface area contributed by atoms with Crippen LogP contribution in [0.5, 0.6) is 5.75 Å². The molecule has 0 radical (unpaired) electrons. The highest BCUT2D eigenvalue weighted by Crippen LogP contribution is 2.58. The molecule has 4 aliphatic carbocycles. The van der Waals surface area contributed by atoms with E-state index in [0.29, 0.717) is 12.3 Å². The van der Waals surface area contributed by atoms with Gasteiger partial charge in [0, 0.05) is 24.1 Å². The van der Waals surface area contributed by atoms with Gasteiger partial charge in [-0.3, -0.25) is 4.79 Å². The molecule has 1 aromatic heterocycles. The molecule has 6 heteroatoms. The summed E-state index contributed by atoms with van der Waals surface area (Å²) in [5.74, 6) is 3.20. The number of benzene rings is 2. The summed E-state index contributed by atoms with van der Waals surface area (Å²) in [6.07, 6.45) is 13.3. The third kappa shape index (κ3) is 5.35. The van der Waals surface area contributed by atoms with E-state index in [9.17, 15) is 4.79 Å². The second kappa shape index (κ2) is 10.8. The minimum Gasteiger partial charge on any atom is -0.497 e. The number of amides is 1. The summed E-state index contributed by atoms with van der Waals surface area (Å²) in [5.41, 5.74) is 3.45. The average Bonchev–Trinajstić information content (AvgIpc) is 3.44. The van der Waals surface area contributed by atoms with E-state index in [1.807, 2.05) is 19.1 Å². The van der Waals surface area contributed by atoms with E-state index in [2.05, 4.69) is 51.4 Å². The van der Waals surface area contributed by atoms with Gasteiger partial charge in [0.25, 0.3) is 0 Å². The fraction of sp³-hybridized carbons (Fsp3) is 0.545. The van der Waals surface area contributed by atoms with Crippen molar-refractivity contribution >= 4 is 11.6 Å². The average molecular weight is 528 g/mol. The molecular weight excluding hydrogens is 486 g/mol. The van der Waals surface area contributed by atoms with E-state index in [4.69, 9.17) is 9.26 Å². The lowest BCUT2D eigenvalue weighted by Crippen LogP contribution is -2.51. The maximum Gasteiger partial charge on any atom is 0.232 e. The first kappa shape index (κ1) is 26.1. The predicted molar refractivity (Wildman–Crippen MR) is 153 cm³/mol. The van der Waals surface area contributed by atoms with Gasteiger partial charge in [-0.25, -0.2) is 0 Å². The van der Waals surface area contributed by atoms with Crippen LogP contribution in [0.25, 0.3) is 11.1 Å². The number of methoxy groups -OCH3 is 1. The molecule has 1 heterocycles. The Balaban J connectivity index is 1.26. The highest BCUT2D eigenvalue weighted by Gasteiger charge is 2.52. The summed E-state index contributed by atoms with van der Waals surface area (Å²) < 4.78 is 11.0. The molecule has 0 atom stereocenters. The lowest BCUT2D eigenvalue weighted by Gasteiger charge is -2.53. The standard InChI is InChI=1S/C33H41N3O3/c1-24-34-31(39-35-24)33-18-15-32(16-19-33,17-20-33)23-36(30(37)21-25-7-4-3-5-8-25)28-10-6-9-27(22-28)26-11-13-29(38-2)14-12-26/h6,9-14,22,25H,3-5,7-8,15-21,23H2,1-2H3.